The zero-order valence-electron chi connectivity index (χ0n) is 13.4. The summed E-state index contributed by atoms with van der Waals surface area (Å²) in [5.74, 6) is 0.302. The molecule has 0 saturated carbocycles. The lowest BCUT2D eigenvalue weighted by atomic mass is 9.83. The largest absolute Gasteiger partial charge is 0.300 e. The van der Waals surface area contributed by atoms with Crippen molar-refractivity contribution in [3.63, 3.8) is 0 Å². The van der Waals surface area contributed by atoms with Crippen LogP contribution in [0.15, 0.2) is 12.1 Å². The Labute approximate surface area is 118 Å². The van der Waals surface area contributed by atoms with Crippen LogP contribution in [0, 0.1) is 13.8 Å². The highest BCUT2D eigenvalue weighted by molar-refractivity contribution is 5.75. The number of hydrogen-bond acceptors (Lipinski definition) is 1. The van der Waals surface area contributed by atoms with Crippen LogP contribution in [0.5, 0.6) is 0 Å². The van der Waals surface area contributed by atoms with E-state index in [4.69, 9.17) is 0 Å². The van der Waals surface area contributed by atoms with E-state index >= 15 is 0 Å². The van der Waals surface area contributed by atoms with Gasteiger partial charge in [0.05, 0.1) is 0 Å². The van der Waals surface area contributed by atoms with Gasteiger partial charge in [-0.05, 0) is 67.7 Å². The summed E-state index contributed by atoms with van der Waals surface area (Å²) in [6, 6.07) is 4.65. The third-order valence-electron chi connectivity index (χ3n) is 3.77. The van der Waals surface area contributed by atoms with Crippen LogP contribution < -0.4 is 0 Å². The van der Waals surface area contributed by atoms with Crippen LogP contribution in [0.1, 0.15) is 69.2 Å². The van der Waals surface area contributed by atoms with E-state index in [2.05, 4.69) is 46.8 Å². The maximum absolute atomic E-state index is 10.9. The number of unbranched alkanes of at least 4 members (excludes halogenated alkanes) is 1. The van der Waals surface area contributed by atoms with Crippen molar-refractivity contribution in [3.05, 3.63) is 34.4 Å². The lowest BCUT2D eigenvalue weighted by molar-refractivity contribution is -0.117. The number of Topliss-reactive ketones (excluding diaryl/α,β-unsaturated/α-hetero) is 1. The zero-order chi connectivity index (χ0) is 14.6. The molecule has 0 aliphatic carbocycles. The van der Waals surface area contributed by atoms with Crippen LogP contribution in [-0.2, 0) is 16.6 Å². The minimum atomic E-state index is 0.211. The van der Waals surface area contributed by atoms with Gasteiger partial charge in [0.1, 0.15) is 5.78 Å². The molecule has 1 heteroatoms. The molecule has 0 spiro atoms. The molecule has 0 atom stereocenters. The summed E-state index contributed by atoms with van der Waals surface area (Å²) in [5.41, 5.74) is 5.88. The van der Waals surface area contributed by atoms with Crippen molar-refractivity contribution in [2.45, 2.75) is 72.6 Å². The van der Waals surface area contributed by atoms with Crippen molar-refractivity contribution >= 4 is 5.78 Å². The molecule has 0 fully saturated rings. The number of carbonyl (C=O) groups excluding carboxylic acids is 1. The predicted octanol–water partition coefficient (Wildman–Crippen LogP) is 4.90. The van der Waals surface area contributed by atoms with Gasteiger partial charge >= 0.3 is 0 Å². The summed E-state index contributed by atoms with van der Waals surface area (Å²) in [6.45, 7) is 12.9. The zero-order valence-corrected chi connectivity index (χ0v) is 13.4. The molecule has 0 bridgehead atoms. The van der Waals surface area contributed by atoms with Gasteiger partial charge in [-0.3, -0.25) is 0 Å². The van der Waals surface area contributed by atoms with E-state index in [0.29, 0.717) is 5.78 Å². The molecule has 0 aromatic heterocycles. The Morgan fingerprint density at radius 1 is 1.05 bits per heavy atom. The summed E-state index contributed by atoms with van der Waals surface area (Å²) < 4.78 is 0. The maximum Gasteiger partial charge on any atom is 0.129 e. The third-order valence-corrected chi connectivity index (χ3v) is 3.77. The predicted molar refractivity (Wildman–Crippen MR) is 82.9 cm³/mol. The van der Waals surface area contributed by atoms with Gasteiger partial charge in [0.2, 0.25) is 0 Å². The van der Waals surface area contributed by atoms with Gasteiger partial charge in [-0.15, -0.1) is 0 Å². The maximum atomic E-state index is 10.9. The van der Waals surface area contributed by atoms with Crippen LogP contribution in [0.3, 0.4) is 0 Å². The first kappa shape index (κ1) is 15.9. The van der Waals surface area contributed by atoms with Gasteiger partial charge in [0, 0.05) is 6.42 Å². The van der Waals surface area contributed by atoms with Crippen molar-refractivity contribution in [1.29, 1.82) is 0 Å². The van der Waals surface area contributed by atoms with Crippen LogP contribution >= 0.6 is 0 Å². The summed E-state index contributed by atoms with van der Waals surface area (Å²) >= 11 is 0. The summed E-state index contributed by atoms with van der Waals surface area (Å²) in [6.07, 6.45) is 3.93. The third kappa shape index (κ3) is 4.81. The van der Waals surface area contributed by atoms with Gasteiger partial charge in [0.25, 0.3) is 0 Å². The molecule has 0 unspecified atom stereocenters. The van der Waals surface area contributed by atoms with Crippen molar-refractivity contribution < 1.29 is 4.79 Å². The van der Waals surface area contributed by atoms with Gasteiger partial charge < -0.3 is 4.79 Å². The molecular weight excluding hydrogens is 232 g/mol. The molecule has 0 N–H and O–H groups in total. The van der Waals surface area contributed by atoms with E-state index in [1.165, 1.54) is 22.3 Å². The normalized spacial score (nSPS) is 11.7. The fourth-order valence-electron chi connectivity index (χ4n) is 2.50. The Hall–Kier alpha value is -1.11. The Kier molecular flexibility index (Phi) is 5.34. The smallest absolute Gasteiger partial charge is 0.129 e. The highest BCUT2D eigenvalue weighted by atomic mass is 16.1. The van der Waals surface area contributed by atoms with Crippen molar-refractivity contribution in [2.75, 3.05) is 0 Å². The number of ketones is 1. The second kappa shape index (κ2) is 6.36. The van der Waals surface area contributed by atoms with E-state index in [1.54, 1.807) is 6.92 Å². The lowest BCUT2D eigenvalue weighted by Crippen LogP contribution is -2.12. The van der Waals surface area contributed by atoms with E-state index in [-0.39, 0.29) is 5.41 Å². The SMILES string of the molecule is CC(=O)CCCCc1c(C)cc(C(C)(C)C)cc1C. The fourth-order valence-corrected chi connectivity index (χ4v) is 2.50. The minimum absolute atomic E-state index is 0.211. The van der Waals surface area contributed by atoms with Gasteiger partial charge in [0.15, 0.2) is 0 Å². The average molecular weight is 260 g/mol. The van der Waals surface area contributed by atoms with E-state index in [9.17, 15) is 4.79 Å². The average Bonchev–Trinajstić information content (AvgIpc) is 2.25. The molecule has 1 nitrogen and oxygen atoms in total. The van der Waals surface area contributed by atoms with Crippen LogP contribution in [0.2, 0.25) is 0 Å². The number of hydrogen-bond donors (Lipinski definition) is 0. The fraction of sp³-hybridized carbons (Fsp3) is 0.611. The summed E-state index contributed by atoms with van der Waals surface area (Å²) in [7, 11) is 0. The molecule has 1 aromatic rings. The molecular formula is C18H28O. The quantitative estimate of drug-likeness (QED) is 0.688. The number of rotatable bonds is 5. The number of carbonyl (C=O) groups is 1. The van der Waals surface area contributed by atoms with E-state index < -0.39 is 0 Å². The molecule has 0 amide bonds. The molecule has 19 heavy (non-hydrogen) atoms. The Morgan fingerprint density at radius 3 is 2.00 bits per heavy atom. The number of aryl methyl sites for hydroxylation is 2. The molecule has 0 aliphatic rings. The first-order valence-corrected chi connectivity index (χ1v) is 7.32. The highest BCUT2D eigenvalue weighted by Crippen LogP contribution is 2.27. The topological polar surface area (TPSA) is 17.1 Å². The van der Waals surface area contributed by atoms with Crippen molar-refractivity contribution in [1.82, 2.24) is 0 Å². The molecule has 1 aromatic carbocycles. The Morgan fingerprint density at radius 2 is 1.58 bits per heavy atom. The second-order valence-corrected chi connectivity index (χ2v) is 6.75. The number of benzene rings is 1. The van der Waals surface area contributed by atoms with Gasteiger partial charge in [-0.25, -0.2) is 0 Å². The lowest BCUT2D eigenvalue weighted by Gasteiger charge is -2.22. The molecule has 0 radical (unpaired) electrons. The minimum Gasteiger partial charge on any atom is -0.300 e. The van der Waals surface area contributed by atoms with Crippen LogP contribution in [0.25, 0.3) is 0 Å². The summed E-state index contributed by atoms with van der Waals surface area (Å²) in [5, 5.41) is 0. The summed E-state index contributed by atoms with van der Waals surface area (Å²) in [4.78, 5) is 10.9. The van der Waals surface area contributed by atoms with Crippen molar-refractivity contribution in [3.8, 4) is 0 Å². The Bertz CT molecular complexity index is 426. The van der Waals surface area contributed by atoms with E-state index in [0.717, 1.165) is 25.7 Å². The van der Waals surface area contributed by atoms with Crippen LogP contribution in [-0.4, -0.2) is 5.78 Å². The molecule has 0 saturated heterocycles. The molecule has 106 valence electrons. The monoisotopic (exact) mass is 260 g/mol. The first-order chi connectivity index (χ1) is 8.71. The Balaban J connectivity index is 2.78. The highest BCUT2D eigenvalue weighted by Gasteiger charge is 2.16. The molecule has 0 heterocycles. The van der Waals surface area contributed by atoms with Crippen LogP contribution in [0.4, 0.5) is 0 Å². The standard InChI is InChI=1S/C18H28O/c1-13-11-16(18(4,5)6)12-14(2)17(13)10-8-7-9-15(3)19/h11-12H,7-10H2,1-6H3. The first-order valence-electron chi connectivity index (χ1n) is 7.32. The van der Waals surface area contributed by atoms with E-state index in [1.807, 2.05) is 0 Å². The molecule has 0 aliphatic heterocycles. The second-order valence-electron chi connectivity index (χ2n) is 6.75. The van der Waals surface area contributed by atoms with Gasteiger partial charge in [-0.2, -0.15) is 0 Å². The molecule has 1 rings (SSSR count). The van der Waals surface area contributed by atoms with Crippen molar-refractivity contribution in [2.24, 2.45) is 0 Å². The van der Waals surface area contributed by atoms with Gasteiger partial charge in [-0.1, -0.05) is 32.9 Å².